The summed E-state index contributed by atoms with van der Waals surface area (Å²) in [6.07, 6.45) is 0. The summed E-state index contributed by atoms with van der Waals surface area (Å²) < 4.78 is 6.85. The van der Waals surface area contributed by atoms with Crippen molar-refractivity contribution in [2.45, 2.75) is 18.7 Å². The molecular formula is C11H12OS2. The Balaban J connectivity index is 2.70. The highest BCUT2D eigenvalue weighted by Crippen LogP contribution is 2.35. The lowest BCUT2D eigenvalue weighted by atomic mass is 10.2. The zero-order valence-corrected chi connectivity index (χ0v) is 9.91. The van der Waals surface area contributed by atoms with E-state index in [1.54, 1.807) is 11.3 Å². The first-order valence-corrected chi connectivity index (χ1v) is 5.88. The van der Waals surface area contributed by atoms with E-state index >= 15 is 0 Å². The first kappa shape index (κ1) is 9.87. The molecule has 0 bridgehead atoms. The Morgan fingerprint density at radius 1 is 1.43 bits per heavy atom. The summed E-state index contributed by atoms with van der Waals surface area (Å²) in [5.74, 6) is 0.953. The molecule has 1 nitrogen and oxygen atoms in total. The molecule has 2 aromatic rings. The highest BCUT2D eigenvalue weighted by atomic mass is 32.1. The first-order chi connectivity index (χ1) is 6.72. The molecule has 0 unspecified atom stereocenters. The SMILES string of the molecule is CCOc1cc(S)cc2scc(C)c12. The van der Waals surface area contributed by atoms with Crippen molar-refractivity contribution >= 4 is 34.1 Å². The molecule has 1 aromatic carbocycles. The van der Waals surface area contributed by atoms with E-state index in [0.717, 1.165) is 10.6 Å². The molecule has 1 aromatic heterocycles. The zero-order valence-electron chi connectivity index (χ0n) is 8.20. The number of fused-ring (bicyclic) bond motifs is 1. The largest absolute Gasteiger partial charge is 0.493 e. The fraction of sp³-hybridized carbons (Fsp3) is 0.273. The van der Waals surface area contributed by atoms with Crippen molar-refractivity contribution in [1.82, 2.24) is 0 Å². The van der Waals surface area contributed by atoms with Crippen LogP contribution in [0, 0.1) is 6.92 Å². The Bertz CT molecular complexity index is 460. The average molecular weight is 224 g/mol. The van der Waals surface area contributed by atoms with E-state index < -0.39 is 0 Å². The quantitative estimate of drug-likeness (QED) is 0.761. The van der Waals surface area contributed by atoms with Crippen LogP contribution in [0.15, 0.2) is 22.4 Å². The number of aryl methyl sites for hydroxylation is 1. The molecule has 0 N–H and O–H groups in total. The van der Waals surface area contributed by atoms with E-state index in [1.807, 2.05) is 13.0 Å². The van der Waals surface area contributed by atoms with Gasteiger partial charge in [-0.1, -0.05) is 0 Å². The molecule has 0 atom stereocenters. The number of benzene rings is 1. The van der Waals surface area contributed by atoms with Gasteiger partial charge in [-0.3, -0.25) is 0 Å². The van der Waals surface area contributed by atoms with Crippen molar-refractivity contribution in [1.29, 1.82) is 0 Å². The normalized spacial score (nSPS) is 10.8. The van der Waals surface area contributed by atoms with Gasteiger partial charge >= 0.3 is 0 Å². The van der Waals surface area contributed by atoms with Crippen molar-refractivity contribution in [3.63, 3.8) is 0 Å². The van der Waals surface area contributed by atoms with E-state index in [9.17, 15) is 0 Å². The summed E-state index contributed by atoms with van der Waals surface area (Å²) in [6, 6.07) is 4.06. The molecule has 0 radical (unpaired) electrons. The number of hydrogen-bond donors (Lipinski definition) is 1. The maximum Gasteiger partial charge on any atom is 0.129 e. The second kappa shape index (κ2) is 3.83. The molecular weight excluding hydrogens is 212 g/mol. The molecule has 1 heterocycles. The van der Waals surface area contributed by atoms with E-state index in [1.165, 1.54) is 15.6 Å². The Hall–Kier alpha value is -0.670. The molecule has 0 fully saturated rings. The molecule has 0 saturated carbocycles. The number of ether oxygens (including phenoxy) is 1. The Morgan fingerprint density at radius 3 is 2.93 bits per heavy atom. The first-order valence-electron chi connectivity index (χ1n) is 4.56. The lowest BCUT2D eigenvalue weighted by Crippen LogP contribution is -1.92. The number of rotatable bonds is 2. The second-order valence-corrected chi connectivity index (χ2v) is 4.60. The van der Waals surface area contributed by atoms with Gasteiger partial charge in [0.05, 0.1) is 6.61 Å². The molecule has 0 amide bonds. The van der Waals surface area contributed by atoms with Crippen molar-refractivity contribution in [2.24, 2.45) is 0 Å². The van der Waals surface area contributed by atoms with Crippen LogP contribution in [0.2, 0.25) is 0 Å². The van der Waals surface area contributed by atoms with Gasteiger partial charge in [0.25, 0.3) is 0 Å². The molecule has 0 spiro atoms. The molecule has 14 heavy (non-hydrogen) atoms. The Kier molecular flexibility index (Phi) is 2.70. The van der Waals surface area contributed by atoms with Crippen molar-refractivity contribution in [2.75, 3.05) is 6.61 Å². The van der Waals surface area contributed by atoms with Crippen LogP contribution in [0.4, 0.5) is 0 Å². The van der Waals surface area contributed by atoms with Gasteiger partial charge in [-0.2, -0.15) is 0 Å². The van der Waals surface area contributed by atoms with Crippen LogP contribution in [0.3, 0.4) is 0 Å². The van der Waals surface area contributed by atoms with Gasteiger partial charge in [-0.15, -0.1) is 24.0 Å². The predicted molar refractivity (Wildman–Crippen MR) is 65.0 cm³/mol. The number of hydrogen-bond acceptors (Lipinski definition) is 3. The third-order valence-corrected chi connectivity index (χ3v) is 3.41. The summed E-state index contributed by atoms with van der Waals surface area (Å²) >= 11 is 6.10. The van der Waals surface area contributed by atoms with Crippen LogP contribution in [0.25, 0.3) is 10.1 Å². The highest BCUT2D eigenvalue weighted by Gasteiger charge is 2.07. The minimum atomic E-state index is 0.696. The van der Waals surface area contributed by atoms with E-state index in [-0.39, 0.29) is 0 Å². The fourth-order valence-corrected chi connectivity index (χ4v) is 2.87. The van der Waals surface area contributed by atoms with E-state index in [2.05, 4.69) is 31.0 Å². The summed E-state index contributed by atoms with van der Waals surface area (Å²) in [7, 11) is 0. The Labute approximate surface area is 93.1 Å². The predicted octanol–water partition coefficient (Wildman–Crippen LogP) is 3.90. The Morgan fingerprint density at radius 2 is 2.21 bits per heavy atom. The van der Waals surface area contributed by atoms with Crippen LogP contribution in [0.1, 0.15) is 12.5 Å². The summed E-state index contributed by atoms with van der Waals surface area (Å²) in [5, 5.41) is 3.38. The van der Waals surface area contributed by atoms with Crippen LogP contribution in [-0.4, -0.2) is 6.61 Å². The monoisotopic (exact) mass is 224 g/mol. The lowest BCUT2D eigenvalue weighted by molar-refractivity contribution is 0.343. The van der Waals surface area contributed by atoms with Crippen molar-refractivity contribution in [3.8, 4) is 5.75 Å². The van der Waals surface area contributed by atoms with Gasteiger partial charge in [0, 0.05) is 15.0 Å². The van der Waals surface area contributed by atoms with Crippen molar-refractivity contribution in [3.05, 3.63) is 23.1 Å². The lowest BCUT2D eigenvalue weighted by Gasteiger charge is -2.06. The minimum Gasteiger partial charge on any atom is -0.493 e. The van der Waals surface area contributed by atoms with Gasteiger partial charge in [-0.05, 0) is 36.9 Å². The van der Waals surface area contributed by atoms with Crippen molar-refractivity contribution < 1.29 is 4.74 Å². The zero-order chi connectivity index (χ0) is 10.1. The molecule has 0 aliphatic rings. The fourth-order valence-electron chi connectivity index (χ4n) is 1.54. The van der Waals surface area contributed by atoms with Crippen LogP contribution in [0.5, 0.6) is 5.75 Å². The maximum absolute atomic E-state index is 5.60. The van der Waals surface area contributed by atoms with Gasteiger partial charge in [-0.25, -0.2) is 0 Å². The topological polar surface area (TPSA) is 9.23 Å². The highest BCUT2D eigenvalue weighted by molar-refractivity contribution is 7.80. The number of thiol groups is 1. The van der Waals surface area contributed by atoms with Gasteiger partial charge in [0.1, 0.15) is 5.75 Å². The van der Waals surface area contributed by atoms with Crippen LogP contribution < -0.4 is 4.74 Å². The van der Waals surface area contributed by atoms with E-state index in [4.69, 9.17) is 4.74 Å². The molecule has 0 aliphatic heterocycles. The van der Waals surface area contributed by atoms with Crippen LogP contribution >= 0.6 is 24.0 Å². The van der Waals surface area contributed by atoms with Gasteiger partial charge in [0.15, 0.2) is 0 Å². The van der Waals surface area contributed by atoms with Gasteiger partial charge < -0.3 is 4.74 Å². The summed E-state index contributed by atoms with van der Waals surface area (Å²) in [6.45, 7) is 4.81. The smallest absolute Gasteiger partial charge is 0.129 e. The van der Waals surface area contributed by atoms with Crippen LogP contribution in [-0.2, 0) is 0 Å². The standard InChI is InChI=1S/C11H12OS2/c1-3-12-9-4-8(13)5-10-11(9)7(2)6-14-10/h4-6,13H,3H2,1-2H3. The summed E-state index contributed by atoms with van der Waals surface area (Å²) in [4.78, 5) is 0.961. The third-order valence-electron chi connectivity index (χ3n) is 2.11. The average Bonchev–Trinajstić information content (AvgIpc) is 2.48. The second-order valence-electron chi connectivity index (χ2n) is 3.17. The number of thiophene rings is 1. The summed E-state index contributed by atoms with van der Waals surface area (Å²) in [5.41, 5.74) is 1.28. The molecule has 0 aliphatic carbocycles. The minimum absolute atomic E-state index is 0.696. The molecule has 3 heteroatoms. The third kappa shape index (κ3) is 1.62. The molecule has 2 rings (SSSR count). The molecule has 74 valence electrons. The maximum atomic E-state index is 5.60. The van der Waals surface area contributed by atoms with E-state index in [0.29, 0.717) is 6.61 Å². The van der Waals surface area contributed by atoms with Gasteiger partial charge in [0.2, 0.25) is 0 Å². The molecule has 0 saturated heterocycles.